The van der Waals surface area contributed by atoms with E-state index in [1.54, 1.807) is 36.4 Å². The molecule has 6 heteroatoms. The van der Waals surface area contributed by atoms with Crippen LogP contribution in [-0.4, -0.2) is 12.5 Å². The van der Waals surface area contributed by atoms with Crippen LogP contribution in [0.25, 0.3) is 0 Å². The second kappa shape index (κ2) is 9.19. The second-order valence-corrected chi connectivity index (χ2v) is 5.85. The minimum atomic E-state index is -0.480. The van der Waals surface area contributed by atoms with E-state index in [2.05, 4.69) is 5.32 Å². The molecule has 0 atom stereocenters. The van der Waals surface area contributed by atoms with Gasteiger partial charge in [-0.3, -0.25) is 4.79 Å². The van der Waals surface area contributed by atoms with Gasteiger partial charge in [-0.1, -0.05) is 36.4 Å². The minimum Gasteiger partial charge on any atom is -0.487 e. The highest BCUT2D eigenvalue weighted by Crippen LogP contribution is 2.25. The van der Waals surface area contributed by atoms with Crippen LogP contribution in [0.1, 0.15) is 11.1 Å². The first-order valence-electron chi connectivity index (χ1n) is 8.54. The Bertz CT molecular complexity index is 1000. The van der Waals surface area contributed by atoms with Crippen LogP contribution in [0.5, 0.6) is 11.5 Å². The van der Waals surface area contributed by atoms with Crippen molar-refractivity contribution in [1.29, 1.82) is 5.26 Å². The Morgan fingerprint density at radius 1 is 1.00 bits per heavy atom. The highest BCUT2D eigenvalue weighted by Gasteiger charge is 2.10. The summed E-state index contributed by atoms with van der Waals surface area (Å²) in [5.41, 5.74) is 1.24. The number of carbonyl (C=O) groups excluding carboxylic acids is 1. The summed E-state index contributed by atoms with van der Waals surface area (Å²) in [6.07, 6.45) is 0. The van der Waals surface area contributed by atoms with Crippen molar-refractivity contribution >= 4 is 11.6 Å². The summed E-state index contributed by atoms with van der Waals surface area (Å²) in [6.45, 7) is -0.0779. The summed E-state index contributed by atoms with van der Waals surface area (Å²) < 4.78 is 24.4. The Morgan fingerprint density at radius 3 is 2.54 bits per heavy atom. The Kier molecular flexibility index (Phi) is 6.21. The number of nitriles is 1. The number of nitrogens with zero attached hydrogens (tertiary/aromatic N) is 1. The molecule has 3 aromatic carbocycles. The number of ether oxygens (including phenoxy) is 2. The molecule has 0 aliphatic carbocycles. The van der Waals surface area contributed by atoms with E-state index >= 15 is 0 Å². The quantitative estimate of drug-likeness (QED) is 0.668. The molecule has 140 valence electrons. The third-order valence-corrected chi connectivity index (χ3v) is 3.85. The van der Waals surface area contributed by atoms with Crippen molar-refractivity contribution in [3.8, 4) is 17.6 Å². The zero-order valence-corrected chi connectivity index (χ0v) is 14.9. The molecule has 0 aliphatic rings. The number of hydrogen-bond donors (Lipinski definition) is 1. The summed E-state index contributed by atoms with van der Waals surface area (Å²) in [4.78, 5) is 12.2. The molecule has 0 heterocycles. The van der Waals surface area contributed by atoms with Gasteiger partial charge < -0.3 is 14.8 Å². The van der Waals surface area contributed by atoms with Crippen molar-refractivity contribution in [3.05, 3.63) is 89.7 Å². The summed E-state index contributed by atoms with van der Waals surface area (Å²) in [5, 5.41) is 11.9. The zero-order valence-electron chi connectivity index (χ0n) is 14.9. The molecule has 3 rings (SSSR count). The highest BCUT2D eigenvalue weighted by molar-refractivity contribution is 5.93. The Hall–Kier alpha value is -3.85. The summed E-state index contributed by atoms with van der Waals surface area (Å²) in [6, 6.07) is 21.8. The average molecular weight is 376 g/mol. The Labute approximate surface area is 162 Å². The van der Waals surface area contributed by atoms with Gasteiger partial charge in [-0.25, -0.2) is 4.39 Å². The van der Waals surface area contributed by atoms with E-state index in [9.17, 15) is 9.18 Å². The largest absolute Gasteiger partial charge is 0.487 e. The first kappa shape index (κ1) is 18.9. The second-order valence-electron chi connectivity index (χ2n) is 5.85. The maximum Gasteiger partial charge on any atom is 0.262 e. The van der Waals surface area contributed by atoms with Crippen molar-refractivity contribution in [3.63, 3.8) is 0 Å². The van der Waals surface area contributed by atoms with E-state index in [1.807, 2.05) is 24.3 Å². The predicted octanol–water partition coefficient (Wildman–Crippen LogP) is 4.29. The van der Waals surface area contributed by atoms with Crippen molar-refractivity contribution in [1.82, 2.24) is 0 Å². The van der Waals surface area contributed by atoms with Crippen LogP contribution in [0.3, 0.4) is 0 Å². The van der Waals surface area contributed by atoms with Crippen molar-refractivity contribution in [2.24, 2.45) is 0 Å². The maximum absolute atomic E-state index is 13.2. The van der Waals surface area contributed by atoms with E-state index in [0.29, 0.717) is 22.7 Å². The van der Waals surface area contributed by atoms with E-state index in [4.69, 9.17) is 14.7 Å². The Morgan fingerprint density at radius 2 is 1.75 bits per heavy atom. The van der Waals surface area contributed by atoms with Crippen LogP contribution in [0.15, 0.2) is 72.8 Å². The number of carbonyl (C=O) groups is 1. The molecule has 3 aromatic rings. The monoisotopic (exact) mass is 376 g/mol. The lowest BCUT2D eigenvalue weighted by molar-refractivity contribution is -0.118. The molecule has 0 saturated heterocycles. The van der Waals surface area contributed by atoms with Crippen LogP contribution in [0.4, 0.5) is 10.1 Å². The fourth-order valence-electron chi connectivity index (χ4n) is 2.48. The molecule has 0 saturated carbocycles. The molecule has 0 fully saturated rings. The lowest BCUT2D eigenvalue weighted by atomic mass is 10.1. The fraction of sp³-hybridized carbons (Fsp3) is 0.0909. The first-order valence-corrected chi connectivity index (χ1v) is 8.54. The smallest absolute Gasteiger partial charge is 0.262 e. The zero-order chi connectivity index (χ0) is 19.8. The van der Waals surface area contributed by atoms with Gasteiger partial charge in [-0.15, -0.1) is 0 Å². The van der Waals surface area contributed by atoms with E-state index < -0.39 is 5.82 Å². The Balaban J connectivity index is 1.63. The molecule has 28 heavy (non-hydrogen) atoms. The van der Waals surface area contributed by atoms with Gasteiger partial charge in [0.05, 0.1) is 17.3 Å². The molecule has 0 aromatic heterocycles. The van der Waals surface area contributed by atoms with Gasteiger partial charge in [-0.2, -0.15) is 5.26 Å². The van der Waals surface area contributed by atoms with Crippen LogP contribution in [0.2, 0.25) is 0 Å². The van der Waals surface area contributed by atoms with Gasteiger partial charge in [-0.05, 0) is 36.4 Å². The van der Waals surface area contributed by atoms with Gasteiger partial charge in [0.1, 0.15) is 23.9 Å². The first-order chi connectivity index (χ1) is 13.7. The third-order valence-electron chi connectivity index (χ3n) is 3.85. The van der Waals surface area contributed by atoms with Gasteiger partial charge in [0.25, 0.3) is 5.91 Å². The summed E-state index contributed by atoms with van der Waals surface area (Å²) >= 11 is 0. The number of halogens is 1. The number of rotatable bonds is 7. The molecular weight excluding hydrogens is 359 g/mol. The highest BCUT2D eigenvalue weighted by atomic mass is 19.1. The summed E-state index contributed by atoms with van der Waals surface area (Å²) in [5.74, 6) is 0.220. The molecule has 1 N–H and O–H groups in total. The molecule has 0 bridgehead atoms. The molecule has 5 nitrogen and oxygen atoms in total. The standard InChI is InChI=1S/C22H17FN2O3/c23-18-11-10-16(17(12-18)13-24)14-28-21-9-5-4-8-20(21)25-22(26)15-27-19-6-2-1-3-7-19/h1-12H,14-15H2,(H,25,26). The van der Waals surface area contributed by atoms with E-state index in [1.165, 1.54) is 12.1 Å². The maximum atomic E-state index is 13.2. The number of para-hydroxylation sites is 3. The lowest BCUT2D eigenvalue weighted by Gasteiger charge is -2.13. The predicted molar refractivity (Wildman–Crippen MR) is 102 cm³/mol. The van der Waals surface area contributed by atoms with E-state index in [0.717, 1.165) is 6.07 Å². The molecule has 0 spiro atoms. The fourth-order valence-corrected chi connectivity index (χ4v) is 2.48. The number of nitrogens with one attached hydrogen (secondary N) is 1. The number of amides is 1. The average Bonchev–Trinajstić information content (AvgIpc) is 2.73. The van der Waals surface area contributed by atoms with Gasteiger partial charge >= 0.3 is 0 Å². The molecule has 0 aliphatic heterocycles. The molecule has 0 unspecified atom stereocenters. The molecular formula is C22H17FN2O3. The third kappa shape index (κ3) is 5.08. The summed E-state index contributed by atoms with van der Waals surface area (Å²) in [7, 11) is 0. The molecule has 1 amide bonds. The van der Waals surface area contributed by atoms with Crippen molar-refractivity contribution < 1.29 is 18.7 Å². The van der Waals surface area contributed by atoms with Gasteiger partial charge in [0.2, 0.25) is 0 Å². The van der Waals surface area contributed by atoms with Gasteiger partial charge in [0.15, 0.2) is 6.61 Å². The number of anilines is 1. The SMILES string of the molecule is N#Cc1cc(F)ccc1COc1ccccc1NC(=O)COc1ccccc1. The van der Waals surface area contributed by atoms with Crippen LogP contribution >= 0.6 is 0 Å². The number of hydrogen-bond acceptors (Lipinski definition) is 4. The van der Waals surface area contributed by atoms with E-state index in [-0.39, 0.29) is 24.7 Å². The lowest BCUT2D eigenvalue weighted by Crippen LogP contribution is -2.20. The number of benzene rings is 3. The normalized spacial score (nSPS) is 10.0. The van der Waals surface area contributed by atoms with Crippen LogP contribution < -0.4 is 14.8 Å². The van der Waals surface area contributed by atoms with Crippen molar-refractivity contribution in [2.75, 3.05) is 11.9 Å². The van der Waals surface area contributed by atoms with Gasteiger partial charge in [0, 0.05) is 5.56 Å². The van der Waals surface area contributed by atoms with Crippen molar-refractivity contribution in [2.45, 2.75) is 6.61 Å². The van der Waals surface area contributed by atoms with Crippen LogP contribution in [-0.2, 0) is 11.4 Å². The molecule has 0 radical (unpaired) electrons. The minimum absolute atomic E-state index is 0.0660. The topological polar surface area (TPSA) is 71.3 Å². The van der Waals surface area contributed by atoms with Crippen LogP contribution in [0, 0.1) is 17.1 Å².